The van der Waals surface area contributed by atoms with Gasteiger partial charge in [-0.15, -0.1) is 0 Å². The fourth-order valence-corrected chi connectivity index (χ4v) is 11.1. The van der Waals surface area contributed by atoms with E-state index in [0.29, 0.717) is 5.92 Å². The van der Waals surface area contributed by atoms with Gasteiger partial charge >= 0.3 is 0 Å². The molecule has 1 heterocycles. The zero-order valence-electron chi connectivity index (χ0n) is 35.9. The van der Waals surface area contributed by atoms with E-state index in [1.54, 1.807) is 5.57 Å². The smallest absolute Gasteiger partial charge is 0.0537 e. The Morgan fingerprint density at radius 3 is 2.42 bits per heavy atom. The van der Waals surface area contributed by atoms with Gasteiger partial charge in [-0.05, 0) is 166 Å². The van der Waals surface area contributed by atoms with Crippen LogP contribution >= 0.6 is 0 Å². The third-order valence-corrected chi connectivity index (χ3v) is 14.3. The van der Waals surface area contributed by atoms with Crippen LogP contribution in [0.1, 0.15) is 83.5 Å². The van der Waals surface area contributed by atoms with Gasteiger partial charge < -0.3 is 9.47 Å². The van der Waals surface area contributed by atoms with Gasteiger partial charge in [-0.25, -0.2) is 0 Å². The first-order chi connectivity index (χ1) is 31.0. The lowest BCUT2D eigenvalue weighted by Gasteiger charge is -2.30. The van der Waals surface area contributed by atoms with Crippen molar-refractivity contribution in [3.8, 4) is 0 Å². The summed E-state index contributed by atoms with van der Waals surface area (Å²) in [6, 6.07) is 39.6. The summed E-state index contributed by atoms with van der Waals surface area (Å²) in [5.41, 5.74) is 22.3. The second-order valence-corrected chi connectivity index (χ2v) is 18.1. The van der Waals surface area contributed by atoms with Crippen molar-refractivity contribution in [3.63, 3.8) is 0 Å². The zero-order chi connectivity index (χ0) is 42.0. The Morgan fingerprint density at radius 1 is 0.688 bits per heavy atom. The highest BCUT2D eigenvalue weighted by molar-refractivity contribution is 6.10. The van der Waals surface area contributed by atoms with Crippen LogP contribution in [0.2, 0.25) is 0 Å². The van der Waals surface area contributed by atoms with E-state index in [1.807, 2.05) is 0 Å². The molecule has 6 aromatic carbocycles. The van der Waals surface area contributed by atoms with Crippen LogP contribution in [0, 0.1) is 0 Å². The average Bonchev–Trinajstić information content (AvgIpc) is 3.60. The Hall–Kier alpha value is -7.16. The molecule has 2 heteroatoms. The molecule has 2 nitrogen and oxygen atoms in total. The van der Waals surface area contributed by atoms with Gasteiger partial charge in [0.15, 0.2) is 0 Å². The summed E-state index contributed by atoms with van der Waals surface area (Å²) in [6.45, 7) is 4.35. The number of allylic oxidation sites excluding steroid dienone is 14. The maximum atomic E-state index is 4.35. The number of hydrogen-bond donors (Lipinski definition) is 0. The first-order valence-corrected chi connectivity index (χ1v) is 22.8. The molecule has 1 unspecified atom stereocenters. The van der Waals surface area contributed by atoms with Gasteiger partial charge in [0.2, 0.25) is 0 Å². The Kier molecular flexibility index (Phi) is 10.0. The molecule has 1 aromatic heterocycles. The molecule has 2 bridgehead atoms. The van der Waals surface area contributed by atoms with Gasteiger partial charge in [0.1, 0.15) is 0 Å². The number of aryl methyl sites for hydroxylation is 1. The number of anilines is 3. The van der Waals surface area contributed by atoms with Gasteiger partial charge in [0.05, 0.1) is 5.69 Å². The van der Waals surface area contributed by atoms with Gasteiger partial charge in [-0.2, -0.15) is 0 Å². The van der Waals surface area contributed by atoms with Gasteiger partial charge in [-0.3, -0.25) is 0 Å². The predicted octanol–water partition coefficient (Wildman–Crippen LogP) is 16.6. The Bertz CT molecular complexity index is 3330. The van der Waals surface area contributed by atoms with E-state index in [1.165, 1.54) is 88.2 Å². The largest absolute Gasteiger partial charge is 0.344 e. The van der Waals surface area contributed by atoms with Crippen LogP contribution < -0.4 is 4.90 Å². The molecular formula is C62H54N2. The first-order valence-electron chi connectivity index (χ1n) is 22.8. The minimum absolute atomic E-state index is 0. The normalized spacial score (nSPS) is 16.1. The van der Waals surface area contributed by atoms with Crippen LogP contribution in [0.4, 0.5) is 17.1 Å². The maximum absolute atomic E-state index is 4.35. The molecule has 0 N–H and O–H groups in total. The van der Waals surface area contributed by atoms with Crippen molar-refractivity contribution in [2.24, 2.45) is 7.05 Å². The molecule has 0 radical (unpaired) electrons. The lowest BCUT2D eigenvalue weighted by atomic mass is 9.78. The molecule has 0 spiro atoms. The molecule has 1 atom stereocenters. The van der Waals surface area contributed by atoms with Crippen LogP contribution in [-0.4, -0.2) is 4.57 Å². The van der Waals surface area contributed by atoms with Crippen molar-refractivity contribution in [1.82, 2.24) is 4.57 Å². The topological polar surface area (TPSA) is 8.17 Å². The number of aromatic nitrogens is 1. The molecule has 5 aliphatic carbocycles. The van der Waals surface area contributed by atoms with Crippen molar-refractivity contribution in [1.29, 1.82) is 0 Å². The molecule has 12 rings (SSSR count). The van der Waals surface area contributed by atoms with Crippen molar-refractivity contribution < 1.29 is 0 Å². The molecule has 0 amide bonds. The summed E-state index contributed by atoms with van der Waals surface area (Å²) in [4.78, 5) is 2.46. The van der Waals surface area contributed by atoms with E-state index in [0.717, 1.165) is 67.6 Å². The monoisotopic (exact) mass is 826 g/mol. The van der Waals surface area contributed by atoms with Gasteiger partial charge in [-0.1, -0.05) is 153 Å². The van der Waals surface area contributed by atoms with E-state index in [4.69, 9.17) is 0 Å². The number of para-hydroxylation sites is 1. The standard InChI is InChI=1S/C61H50N2.CH4/c1-40-11-9-14-42-20-21-43-27-33-59(53(30-19-40)54(43)36-42)63(50-17-7-4-8-18-50)51-29-34-58-56(39-51)55-38-47(28-32-57(55)62(58)2)49(35-41-12-5-3-6-13-41)37-48-25-24-46-23-22-44-15-10-16-45-26-31-52(48)61(46)60(44)45;/h3-5,7-12,14,16-22,24-34,38-39,49H,1,6,13,15,23,35-37H2,2H3;1H4. The molecule has 0 aliphatic heterocycles. The summed E-state index contributed by atoms with van der Waals surface area (Å²) in [6.07, 6.45) is 36.7. The van der Waals surface area contributed by atoms with Crippen LogP contribution in [0.15, 0.2) is 187 Å². The summed E-state index contributed by atoms with van der Waals surface area (Å²) in [5.74, 6) is 0.337. The van der Waals surface area contributed by atoms with Crippen molar-refractivity contribution in [3.05, 3.63) is 232 Å². The highest BCUT2D eigenvalue weighted by Crippen LogP contribution is 2.46. The lowest BCUT2D eigenvalue weighted by molar-refractivity contribution is 0.658. The molecule has 0 fully saturated rings. The number of rotatable bonds is 8. The molecule has 5 aliphatic rings. The Balaban J connectivity index is 0.00000456. The average molecular weight is 827 g/mol. The van der Waals surface area contributed by atoms with E-state index in [-0.39, 0.29) is 7.43 Å². The minimum Gasteiger partial charge on any atom is -0.344 e. The molecule has 312 valence electrons. The Morgan fingerprint density at radius 2 is 1.55 bits per heavy atom. The maximum Gasteiger partial charge on any atom is 0.0537 e. The second-order valence-electron chi connectivity index (χ2n) is 18.1. The van der Waals surface area contributed by atoms with Crippen LogP contribution in [0.25, 0.3) is 56.4 Å². The molecular weight excluding hydrogens is 773 g/mol. The summed E-state index contributed by atoms with van der Waals surface area (Å²) in [5, 5.41) is 5.51. The SMILES string of the molecule is C.C=C1C=CC=C2C=Cc3ccc(N(c4ccccc4)c4ccc5c(c4)c4cc(C(CC6=CC=CCC6)Cc6ccc7c8c9c(ccc68)C=CCC9=CC7)ccc4n5C)c(c3C2)C=C1. The third kappa shape index (κ3) is 6.81. The van der Waals surface area contributed by atoms with E-state index in [9.17, 15) is 0 Å². The van der Waals surface area contributed by atoms with Gasteiger partial charge in [0.25, 0.3) is 0 Å². The summed E-state index contributed by atoms with van der Waals surface area (Å²) in [7, 11) is 2.22. The number of benzene rings is 6. The summed E-state index contributed by atoms with van der Waals surface area (Å²) >= 11 is 0. The number of hydrogen-bond acceptors (Lipinski definition) is 1. The third-order valence-electron chi connectivity index (χ3n) is 14.3. The Labute approximate surface area is 378 Å². The quantitative estimate of drug-likeness (QED) is 0.148. The second kappa shape index (κ2) is 16.2. The molecule has 0 saturated heterocycles. The summed E-state index contributed by atoms with van der Waals surface area (Å²) < 4.78 is 2.38. The molecule has 64 heavy (non-hydrogen) atoms. The van der Waals surface area contributed by atoms with Gasteiger partial charge in [0, 0.05) is 45.8 Å². The number of fused-ring (bicyclic) bond motifs is 4. The van der Waals surface area contributed by atoms with Crippen molar-refractivity contribution >= 4 is 73.4 Å². The predicted molar refractivity (Wildman–Crippen MR) is 277 cm³/mol. The van der Waals surface area contributed by atoms with Crippen molar-refractivity contribution in [2.45, 2.75) is 58.3 Å². The molecule has 0 saturated carbocycles. The first kappa shape index (κ1) is 39.7. The van der Waals surface area contributed by atoms with E-state index in [2.05, 4.69) is 205 Å². The molecule has 7 aromatic rings. The fourth-order valence-electron chi connectivity index (χ4n) is 11.1. The van der Waals surface area contributed by atoms with E-state index >= 15 is 0 Å². The fraction of sp³-hybridized carbons (Fsp3) is 0.161. The lowest BCUT2D eigenvalue weighted by Crippen LogP contribution is -2.13. The zero-order valence-corrected chi connectivity index (χ0v) is 35.9. The van der Waals surface area contributed by atoms with Crippen molar-refractivity contribution in [2.75, 3.05) is 4.90 Å². The van der Waals surface area contributed by atoms with Crippen LogP contribution in [-0.2, 0) is 26.3 Å². The highest BCUT2D eigenvalue weighted by atomic mass is 15.1. The number of nitrogens with zero attached hydrogens (tertiary/aromatic N) is 2. The van der Waals surface area contributed by atoms with Crippen LogP contribution in [0.3, 0.4) is 0 Å². The minimum atomic E-state index is 0. The van der Waals surface area contributed by atoms with E-state index < -0.39 is 0 Å². The highest BCUT2D eigenvalue weighted by Gasteiger charge is 2.25. The van der Waals surface area contributed by atoms with Crippen LogP contribution in [0.5, 0.6) is 0 Å².